The molecular formula is C18H20ClNO2. The zero-order chi connectivity index (χ0) is 16.1. The molecule has 0 heterocycles. The van der Waals surface area contributed by atoms with Crippen LogP contribution < -0.4 is 10.1 Å². The Bertz CT molecular complexity index is 670. The van der Waals surface area contributed by atoms with Crippen molar-refractivity contribution in [3.63, 3.8) is 0 Å². The third-order valence-corrected chi connectivity index (χ3v) is 3.75. The minimum Gasteiger partial charge on any atom is -0.481 e. The first-order chi connectivity index (χ1) is 10.5. The third kappa shape index (κ3) is 4.25. The molecule has 0 unspecified atom stereocenters. The molecule has 3 nitrogen and oxygen atoms in total. The summed E-state index contributed by atoms with van der Waals surface area (Å²) >= 11 is 5.92. The minimum absolute atomic E-state index is 0.178. The summed E-state index contributed by atoms with van der Waals surface area (Å²) in [7, 11) is 0. The van der Waals surface area contributed by atoms with Crippen molar-refractivity contribution in [3.05, 3.63) is 58.6 Å². The molecule has 0 aromatic heterocycles. The fraction of sp³-hybridized carbons (Fsp3) is 0.278. The quantitative estimate of drug-likeness (QED) is 0.864. The van der Waals surface area contributed by atoms with Crippen molar-refractivity contribution >= 4 is 23.2 Å². The summed E-state index contributed by atoms with van der Waals surface area (Å²) in [6, 6.07) is 12.9. The number of nitrogens with one attached hydrogen (secondary N) is 1. The van der Waals surface area contributed by atoms with Crippen LogP contribution in [-0.2, 0) is 4.79 Å². The van der Waals surface area contributed by atoms with Gasteiger partial charge in [0.05, 0.1) is 0 Å². The van der Waals surface area contributed by atoms with Gasteiger partial charge in [-0.15, -0.1) is 0 Å². The number of hydrogen-bond donors (Lipinski definition) is 1. The predicted octanol–water partition coefficient (Wildman–Crippen LogP) is 4.75. The predicted molar refractivity (Wildman–Crippen MR) is 90.7 cm³/mol. The lowest BCUT2D eigenvalue weighted by Crippen LogP contribution is -2.32. The Morgan fingerprint density at radius 3 is 2.59 bits per heavy atom. The lowest BCUT2D eigenvalue weighted by atomic mass is 10.1. The summed E-state index contributed by atoms with van der Waals surface area (Å²) in [5, 5.41) is 3.42. The van der Waals surface area contributed by atoms with Crippen molar-refractivity contribution in [2.45, 2.75) is 33.3 Å². The van der Waals surface area contributed by atoms with Crippen LogP contribution in [-0.4, -0.2) is 12.0 Å². The largest absolute Gasteiger partial charge is 0.481 e. The zero-order valence-electron chi connectivity index (χ0n) is 13.0. The van der Waals surface area contributed by atoms with Crippen LogP contribution in [0.1, 0.15) is 24.5 Å². The number of anilines is 1. The topological polar surface area (TPSA) is 38.3 Å². The highest BCUT2D eigenvalue weighted by Crippen LogP contribution is 2.20. The van der Waals surface area contributed by atoms with Gasteiger partial charge in [-0.1, -0.05) is 30.7 Å². The first kappa shape index (κ1) is 16.4. The summed E-state index contributed by atoms with van der Waals surface area (Å²) in [5.41, 5.74) is 3.01. The Labute approximate surface area is 136 Å². The Morgan fingerprint density at radius 2 is 1.95 bits per heavy atom. The molecule has 4 heteroatoms. The van der Waals surface area contributed by atoms with Crippen LogP contribution in [0.15, 0.2) is 42.5 Å². The first-order valence-electron chi connectivity index (χ1n) is 7.30. The van der Waals surface area contributed by atoms with Crippen LogP contribution in [0.5, 0.6) is 5.75 Å². The fourth-order valence-electron chi connectivity index (χ4n) is 2.06. The van der Waals surface area contributed by atoms with E-state index in [9.17, 15) is 4.79 Å². The highest BCUT2D eigenvalue weighted by atomic mass is 35.5. The van der Waals surface area contributed by atoms with Gasteiger partial charge >= 0.3 is 0 Å². The molecule has 22 heavy (non-hydrogen) atoms. The molecule has 0 aliphatic rings. The molecule has 0 saturated heterocycles. The lowest BCUT2D eigenvalue weighted by Gasteiger charge is -2.18. The lowest BCUT2D eigenvalue weighted by molar-refractivity contribution is -0.122. The second-order valence-electron chi connectivity index (χ2n) is 5.26. The minimum atomic E-state index is -0.541. The van der Waals surface area contributed by atoms with Gasteiger partial charge in [-0.25, -0.2) is 0 Å². The average Bonchev–Trinajstić information content (AvgIpc) is 2.48. The second-order valence-corrected chi connectivity index (χ2v) is 5.70. The normalized spacial score (nSPS) is 11.8. The van der Waals surface area contributed by atoms with E-state index in [4.69, 9.17) is 16.3 Å². The summed E-state index contributed by atoms with van der Waals surface area (Å²) in [4.78, 5) is 12.3. The van der Waals surface area contributed by atoms with E-state index in [1.165, 1.54) is 5.56 Å². The van der Waals surface area contributed by atoms with Gasteiger partial charge in [0, 0.05) is 10.7 Å². The average molecular weight is 318 g/mol. The maximum absolute atomic E-state index is 12.3. The molecule has 0 spiro atoms. The fourth-order valence-corrected chi connectivity index (χ4v) is 2.25. The van der Waals surface area contributed by atoms with Crippen LogP contribution in [0.3, 0.4) is 0 Å². The van der Waals surface area contributed by atoms with Crippen LogP contribution in [0, 0.1) is 13.8 Å². The van der Waals surface area contributed by atoms with Crippen molar-refractivity contribution in [2.24, 2.45) is 0 Å². The molecule has 2 aromatic carbocycles. The van der Waals surface area contributed by atoms with Crippen molar-refractivity contribution in [1.82, 2.24) is 0 Å². The van der Waals surface area contributed by atoms with Crippen LogP contribution in [0.25, 0.3) is 0 Å². The molecule has 1 atom stereocenters. The third-order valence-electron chi connectivity index (χ3n) is 3.51. The SMILES string of the molecule is CC[C@@H](Oc1ccc(C)c(C)c1)C(=O)Nc1cccc(Cl)c1. The maximum atomic E-state index is 12.3. The highest BCUT2D eigenvalue weighted by Gasteiger charge is 2.18. The molecule has 2 aromatic rings. The Balaban J connectivity index is 2.07. The van der Waals surface area contributed by atoms with Gasteiger partial charge in [0.25, 0.3) is 5.91 Å². The number of carbonyl (C=O) groups excluding carboxylic acids is 1. The van der Waals surface area contributed by atoms with E-state index in [-0.39, 0.29) is 5.91 Å². The molecule has 0 aliphatic heterocycles. The smallest absolute Gasteiger partial charge is 0.265 e. The monoisotopic (exact) mass is 317 g/mol. The van der Waals surface area contributed by atoms with Gasteiger partial charge in [0.15, 0.2) is 6.10 Å². The Hall–Kier alpha value is -2.00. The molecule has 0 fully saturated rings. The van der Waals surface area contributed by atoms with Gasteiger partial charge < -0.3 is 10.1 Å². The van der Waals surface area contributed by atoms with E-state index in [0.29, 0.717) is 22.9 Å². The molecule has 0 bridgehead atoms. The van der Waals surface area contributed by atoms with Gasteiger partial charge in [0.2, 0.25) is 0 Å². The number of carbonyl (C=O) groups is 1. The van der Waals surface area contributed by atoms with E-state index in [1.807, 2.05) is 39.0 Å². The number of hydrogen-bond acceptors (Lipinski definition) is 2. The van der Waals surface area contributed by atoms with Crippen LogP contribution in [0.2, 0.25) is 5.02 Å². The molecule has 2 rings (SSSR count). The number of aryl methyl sites for hydroxylation is 2. The number of halogens is 1. The van der Waals surface area contributed by atoms with Gasteiger partial charge in [-0.3, -0.25) is 4.79 Å². The number of ether oxygens (including phenoxy) is 1. The summed E-state index contributed by atoms with van der Waals surface area (Å²) in [6.45, 7) is 5.99. The highest BCUT2D eigenvalue weighted by molar-refractivity contribution is 6.30. The zero-order valence-corrected chi connectivity index (χ0v) is 13.8. The molecule has 116 valence electrons. The van der Waals surface area contributed by atoms with E-state index in [0.717, 1.165) is 5.56 Å². The van der Waals surface area contributed by atoms with E-state index >= 15 is 0 Å². The van der Waals surface area contributed by atoms with Gasteiger partial charge in [-0.05, 0) is 61.7 Å². The number of rotatable bonds is 5. The molecule has 0 saturated carbocycles. The van der Waals surface area contributed by atoms with Crippen LogP contribution in [0.4, 0.5) is 5.69 Å². The Kier molecular flexibility index (Phi) is 5.45. The molecule has 1 N–H and O–H groups in total. The molecular weight excluding hydrogens is 298 g/mol. The van der Waals surface area contributed by atoms with Gasteiger partial charge in [0.1, 0.15) is 5.75 Å². The summed E-state index contributed by atoms with van der Waals surface area (Å²) in [5.74, 6) is 0.527. The van der Waals surface area contributed by atoms with Crippen molar-refractivity contribution in [1.29, 1.82) is 0 Å². The van der Waals surface area contributed by atoms with Crippen LogP contribution >= 0.6 is 11.6 Å². The summed E-state index contributed by atoms with van der Waals surface area (Å²) in [6.07, 6.45) is 0.0420. The van der Waals surface area contributed by atoms with Crippen molar-refractivity contribution in [3.8, 4) is 5.75 Å². The Morgan fingerprint density at radius 1 is 1.18 bits per heavy atom. The van der Waals surface area contributed by atoms with Crippen molar-refractivity contribution in [2.75, 3.05) is 5.32 Å². The standard InChI is InChI=1S/C18H20ClNO2/c1-4-17(22-16-9-8-12(2)13(3)10-16)18(21)20-15-7-5-6-14(19)11-15/h5-11,17H,4H2,1-3H3,(H,20,21)/t17-/m1/s1. The van der Waals surface area contributed by atoms with Crippen molar-refractivity contribution < 1.29 is 9.53 Å². The second kappa shape index (κ2) is 7.32. The molecule has 0 radical (unpaired) electrons. The maximum Gasteiger partial charge on any atom is 0.265 e. The van der Waals surface area contributed by atoms with E-state index in [2.05, 4.69) is 5.32 Å². The number of amides is 1. The first-order valence-corrected chi connectivity index (χ1v) is 7.67. The molecule has 1 amide bonds. The van der Waals surface area contributed by atoms with E-state index < -0.39 is 6.10 Å². The molecule has 0 aliphatic carbocycles. The number of benzene rings is 2. The van der Waals surface area contributed by atoms with Gasteiger partial charge in [-0.2, -0.15) is 0 Å². The summed E-state index contributed by atoms with van der Waals surface area (Å²) < 4.78 is 5.82. The van der Waals surface area contributed by atoms with E-state index in [1.54, 1.807) is 24.3 Å².